The van der Waals surface area contributed by atoms with Gasteiger partial charge in [0.1, 0.15) is 5.75 Å². The van der Waals surface area contributed by atoms with Gasteiger partial charge in [0.15, 0.2) is 0 Å². The van der Waals surface area contributed by atoms with Crippen molar-refractivity contribution in [3.63, 3.8) is 0 Å². The molecule has 1 heterocycles. The maximum Gasteiger partial charge on any atom is 0.118 e. The average Bonchev–Trinajstić information content (AvgIpc) is 2.56. The molecule has 3 rings (SSSR count). The molecule has 3 nitrogen and oxygen atoms in total. The quantitative estimate of drug-likeness (QED) is 0.775. The zero-order valence-corrected chi connectivity index (χ0v) is 12.0. The number of benzene rings is 2. The second-order valence-corrected chi connectivity index (χ2v) is 4.94. The van der Waals surface area contributed by atoms with Crippen LogP contribution in [0.5, 0.6) is 5.75 Å². The molecule has 0 saturated carbocycles. The van der Waals surface area contributed by atoms with Gasteiger partial charge in [0.2, 0.25) is 0 Å². The predicted molar refractivity (Wildman–Crippen MR) is 85.3 cm³/mol. The third kappa shape index (κ3) is 3.20. The van der Waals surface area contributed by atoms with E-state index in [-0.39, 0.29) is 0 Å². The van der Waals surface area contributed by atoms with Gasteiger partial charge >= 0.3 is 0 Å². The minimum atomic E-state index is 0.828. The molecule has 0 fully saturated rings. The molecule has 21 heavy (non-hydrogen) atoms. The van der Waals surface area contributed by atoms with Gasteiger partial charge in [-0.25, -0.2) is 0 Å². The van der Waals surface area contributed by atoms with Gasteiger partial charge in [-0.1, -0.05) is 30.3 Å². The molecule has 1 N–H and O–H groups in total. The summed E-state index contributed by atoms with van der Waals surface area (Å²) in [5.74, 6) is 0.888. The molecule has 0 spiro atoms. The first-order valence-corrected chi connectivity index (χ1v) is 7.03. The first-order chi connectivity index (χ1) is 10.4. The fourth-order valence-electron chi connectivity index (χ4n) is 2.39. The van der Waals surface area contributed by atoms with Crippen LogP contribution in [0.25, 0.3) is 10.9 Å². The molecule has 3 heteroatoms. The summed E-state index contributed by atoms with van der Waals surface area (Å²) in [6.45, 7) is 1.66. The fraction of sp³-hybridized carbons (Fsp3) is 0.167. The van der Waals surface area contributed by atoms with Crippen LogP contribution in [0.1, 0.15) is 11.1 Å². The van der Waals surface area contributed by atoms with Crippen LogP contribution in [-0.4, -0.2) is 12.1 Å². The van der Waals surface area contributed by atoms with Crippen LogP contribution in [0.15, 0.2) is 60.8 Å². The van der Waals surface area contributed by atoms with Crippen LogP contribution in [-0.2, 0) is 13.1 Å². The van der Waals surface area contributed by atoms with Crippen molar-refractivity contribution in [1.82, 2.24) is 10.3 Å². The van der Waals surface area contributed by atoms with Crippen LogP contribution < -0.4 is 10.1 Å². The smallest absolute Gasteiger partial charge is 0.118 e. The zero-order valence-electron chi connectivity index (χ0n) is 12.0. The topological polar surface area (TPSA) is 34.1 Å². The molecule has 0 amide bonds. The van der Waals surface area contributed by atoms with Crippen LogP contribution >= 0.6 is 0 Å². The lowest BCUT2D eigenvalue weighted by Crippen LogP contribution is -2.13. The van der Waals surface area contributed by atoms with E-state index in [1.807, 2.05) is 30.5 Å². The van der Waals surface area contributed by atoms with E-state index in [2.05, 4.69) is 40.6 Å². The third-order valence-electron chi connectivity index (χ3n) is 3.54. The molecule has 1 aromatic heterocycles. The van der Waals surface area contributed by atoms with E-state index in [0.717, 1.165) is 24.4 Å². The number of aromatic nitrogens is 1. The van der Waals surface area contributed by atoms with E-state index in [4.69, 9.17) is 4.74 Å². The average molecular weight is 278 g/mol. The predicted octanol–water partition coefficient (Wildman–Crippen LogP) is 3.53. The lowest BCUT2D eigenvalue weighted by Gasteiger charge is -2.08. The minimum absolute atomic E-state index is 0.828. The van der Waals surface area contributed by atoms with Crippen molar-refractivity contribution in [3.05, 3.63) is 71.9 Å². The number of hydrogen-bond acceptors (Lipinski definition) is 3. The number of fused-ring (bicyclic) bond motifs is 1. The largest absolute Gasteiger partial charge is 0.497 e. The summed E-state index contributed by atoms with van der Waals surface area (Å²) in [6, 6.07) is 18.4. The Labute approximate surface area is 124 Å². The van der Waals surface area contributed by atoms with E-state index >= 15 is 0 Å². The van der Waals surface area contributed by atoms with E-state index in [9.17, 15) is 0 Å². The molecule has 0 unspecified atom stereocenters. The van der Waals surface area contributed by atoms with Crippen molar-refractivity contribution in [2.75, 3.05) is 7.11 Å². The van der Waals surface area contributed by atoms with Gasteiger partial charge in [-0.15, -0.1) is 0 Å². The summed E-state index contributed by atoms with van der Waals surface area (Å²) >= 11 is 0. The van der Waals surface area contributed by atoms with Gasteiger partial charge < -0.3 is 10.1 Å². The highest BCUT2D eigenvalue weighted by atomic mass is 16.5. The van der Waals surface area contributed by atoms with Crippen molar-refractivity contribution in [2.24, 2.45) is 0 Å². The lowest BCUT2D eigenvalue weighted by atomic mass is 10.1. The van der Waals surface area contributed by atoms with Gasteiger partial charge in [-0.2, -0.15) is 0 Å². The van der Waals surface area contributed by atoms with Gasteiger partial charge in [0, 0.05) is 24.7 Å². The summed E-state index contributed by atoms with van der Waals surface area (Å²) in [6.07, 6.45) is 1.87. The Bertz CT molecular complexity index is 717. The highest BCUT2D eigenvalue weighted by Gasteiger charge is 2.01. The van der Waals surface area contributed by atoms with Crippen molar-refractivity contribution in [1.29, 1.82) is 0 Å². The summed E-state index contributed by atoms with van der Waals surface area (Å²) in [5, 5.41) is 4.69. The molecule has 106 valence electrons. The first kappa shape index (κ1) is 13.6. The number of methoxy groups -OCH3 is 1. The molecular weight excluding hydrogens is 260 g/mol. The molecular formula is C18H18N2O. The SMILES string of the molecule is COc1ccc(CNCc2ccnc3ccccc23)cc1. The Kier molecular flexibility index (Phi) is 4.12. The number of pyridine rings is 1. The maximum atomic E-state index is 5.16. The maximum absolute atomic E-state index is 5.16. The van der Waals surface area contributed by atoms with E-state index in [1.165, 1.54) is 16.5 Å². The number of rotatable bonds is 5. The van der Waals surface area contributed by atoms with Gasteiger partial charge in [-0.3, -0.25) is 4.98 Å². The van der Waals surface area contributed by atoms with E-state index in [1.54, 1.807) is 7.11 Å². The molecule has 0 aliphatic rings. The highest BCUT2D eigenvalue weighted by Crippen LogP contribution is 2.16. The van der Waals surface area contributed by atoms with Crippen molar-refractivity contribution < 1.29 is 4.74 Å². The normalized spacial score (nSPS) is 10.7. The molecule has 0 bridgehead atoms. The highest BCUT2D eigenvalue weighted by molar-refractivity contribution is 5.81. The standard InChI is InChI=1S/C18H18N2O/c1-21-16-8-6-14(7-9-16)12-19-13-15-10-11-20-18-5-3-2-4-17(15)18/h2-11,19H,12-13H2,1H3. The van der Waals surface area contributed by atoms with Gasteiger partial charge in [0.25, 0.3) is 0 Å². The number of para-hydroxylation sites is 1. The Morgan fingerprint density at radius 1 is 0.952 bits per heavy atom. The van der Waals surface area contributed by atoms with E-state index < -0.39 is 0 Å². The van der Waals surface area contributed by atoms with Crippen molar-refractivity contribution in [3.8, 4) is 5.75 Å². The van der Waals surface area contributed by atoms with Gasteiger partial charge in [0.05, 0.1) is 12.6 Å². The number of ether oxygens (including phenoxy) is 1. The first-order valence-electron chi connectivity index (χ1n) is 7.03. The Hall–Kier alpha value is -2.39. The Balaban J connectivity index is 1.66. The summed E-state index contributed by atoms with van der Waals surface area (Å²) < 4.78 is 5.16. The van der Waals surface area contributed by atoms with Crippen LogP contribution in [0.2, 0.25) is 0 Å². The lowest BCUT2D eigenvalue weighted by molar-refractivity contribution is 0.414. The molecule has 0 aliphatic carbocycles. The molecule has 0 radical (unpaired) electrons. The second-order valence-electron chi connectivity index (χ2n) is 4.94. The molecule has 3 aromatic rings. The fourth-order valence-corrected chi connectivity index (χ4v) is 2.39. The summed E-state index contributed by atoms with van der Waals surface area (Å²) in [4.78, 5) is 4.39. The van der Waals surface area contributed by atoms with Gasteiger partial charge in [-0.05, 0) is 35.4 Å². The summed E-state index contributed by atoms with van der Waals surface area (Å²) in [7, 11) is 1.68. The third-order valence-corrected chi connectivity index (χ3v) is 3.54. The molecule has 2 aromatic carbocycles. The second kappa shape index (κ2) is 6.37. The van der Waals surface area contributed by atoms with E-state index in [0.29, 0.717) is 0 Å². The Morgan fingerprint density at radius 2 is 1.76 bits per heavy atom. The zero-order chi connectivity index (χ0) is 14.5. The number of nitrogens with one attached hydrogen (secondary N) is 1. The minimum Gasteiger partial charge on any atom is -0.497 e. The monoisotopic (exact) mass is 278 g/mol. The number of nitrogens with zero attached hydrogens (tertiary/aromatic N) is 1. The number of hydrogen-bond donors (Lipinski definition) is 1. The summed E-state index contributed by atoms with van der Waals surface area (Å²) in [5.41, 5.74) is 3.56. The Morgan fingerprint density at radius 3 is 2.57 bits per heavy atom. The molecule has 0 saturated heterocycles. The molecule has 0 atom stereocenters. The molecule has 0 aliphatic heterocycles. The van der Waals surface area contributed by atoms with Crippen LogP contribution in [0.4, 0.5) is 0 Å². The van der Waals surface area contributed by atoms with Crippen molar-refractivity contribution in [2.45, 2.75) is 13.1 Å². The van der Waals surface area contributed by atoms with Crippen LogP contribution in [0, 0.1) is 0 Å². The van der Waals surface area contributed by atoms with Crippen LogP contribution in [0.3, 0.4) is 0 Å². The van der Waals surface area contributed by atoms with Crippen molar-refractivity contribution >= 4 is 10.9 Å².